The van der Waals surface area contributed by atoms with Crippen molar-refractivity contribution in [3.05, 3.63) is 34.3 Å². The van der Waals surface area contributed by atoms with Gasteiger partial charge in [-0.25, -0.2) is 4.98 Å². The zero-order valence-corrected chi connectivity index (χ0v) is 21.0. The van der Waals surface area contributed by atoms with Gasteiger partial charge >= 0.3 is 23.9 Å². The fourth-order valence-electron chi connectivity index (χ4n) is 2.73. The molecule has 0 bridgehead atoms. The van der Waals surface area contributed by atoms with E-state index in [1.165, 1.54) is 11.3 Å². The molecule has 0 unspecified atom stereocenters. The van der Waals surface area contributed by atoms with Crippen molar-refractivity contribution in [3.63, 3.8) is 0 Å². The number of aliphatic carboxylic acids is 2. The monoisotopic (exact) mass is 540 g/mol. The fraction of sp³-hybridized carbons (Fsp3) is 0.409. The van der Waals surface area contributed by atoms with Crippen LogP contribution >= 0.6 is 22.9 Å². The number of carboxylic acid groups (broad SMARTS) is 2. The number of benzene rings is 1. The first kappa shape index (κ1) is 28.7. The molecule has 0 aliphatic heterocycles. The SMILES string of the molecule is Cc1cnc(N=Nc2ccc(N(CCOC(=O)CCC(=O)O)CCOC(=O)CCC(=O)O)cc2Cl)s1. The molecule has 0 fully saturated rings. The van der Waals surface area contributed by atoms with Gasteiger partial charge in [-0.3, -0.25) is 19.2 Å². The summed E-state index contributed by atoms with van der Waals surface area (Å²) in [5, 5.41) is 26.3. The Bertz CT molecular complexity index is 1070. The number of anilines is 1. The summed E-state index contributed by atoms with van der Waals surface area (Å²) in [7, 11) is 0. The lowest BCUT2D eigenvalue weighted by Gasteiger charge is -2.25. The van der Waals surface area contributed by atoms with Crippen LogP contribution in [0.25, 0.3) is 0 Å². The lowest BCUT2D eigenvalue weighted by atomic mass is 10.2. The predicted molar refractivity (Wildman–Crippen MR) is 130 cm³/mol. The van der Waals surface area contributed by atoms with Gasteiger partial charge in [0.2, 0.25) is 5.13 Å². The number of ether oxygens (including phenoxy) is 2. The van der Waals surface area contributed by atoms with Crippen molar-refractivity contribution in [1.82, 2.24) is 4.98 Å². The van der Waals surface area contributed by atoms with Crippen LogP contribution in [0.4, 0.5) is 16.5 Å². The van der Waals surface area contributed by atoms with E-state index >= 15 is 0 Å². The standard InChI is InChI=1S/C22H25ClN4O8S/c1-14-13-24-22(36-14)26-25-17-3-2-15(12-16(17)23)27(8-10-34-20(32)6-4-18(28)29)9-11-35-21(33)7-5-19(30)31/h2-3,12-13H,4-11H2,1H3,(H,28,29)(H,30,31). The highest BCUT2D eigenvalue weighted by molar-refractivity contribution is 7.15. The molecule has 0 saturated heterocycles. The van der Waals surface area contributed by atoms with E-state index in [9.17, 15) is 19.2 Å². The van der Waals surface area contributed by atoms with Gasteiger partial charge in [-0.2, -0.15) is 0 Å². The summed E-state index contributed by atoms with van der Waals surface area (Å²) < 4.78 is 10.2. The number of aryl methyl sites for hydroxylation is 1. The summed E-state index contributed by atoms with van der Waals surface area (Å²) in [5.74, 6) is -3.50. The first-order valence-corrected chi connectivity index (χ1v) is 12.0. The van der Waals surface area contributed by atoms with Gasteiger partial charge in [0, 0.05) is 16.8 Å². The second-order valence-corrected chi connectivity index (χ2v) is 8.93. The van der Waals surface area contributed by atoms with Crippen molar-refractivity contribution in [3.8, 4) is 0 Å². The third-order valence-electron chi connectivity index (χ3n) is 4.48. The Kier molecular flexibility index (Phi) is 11.7. The molecule has 2 rings (SSSR count). The first-order valence-electron chi connectivity index (χ1n) is 10.8. The molecule has 36 heavy (non-hydrogen) atoms. The van der Waals surface area contributed by atoms with Crippen molar-refractivity contribution in [2.45, 2.75) is 32.6 Å². The Hall–Kier alpha value is -3.58. The highest BCUT2D eigenvalue weighted by atomic mass is 35.5. The van der Waals surface area contributed by atoms with Gasteiger partial charge in [0.1, 0.15) is 18.9 Å². The van der Waals surface area contributed by atoms with Crippen LogP contribution in [0.5, 0.6) is 0 Å². The number of nitrogens with zero attached hydrogens (tertiary/aromatic N) is 4. The Balaban J connectivity index is 2.03. The molecular weight excluding hydrogens is 516 g/mol. The molecule has 2 N–H and O–H groups in total. The number of aromatic nitrogens is 1. The Morgan fingerprint density at radius 3 is 2.03 bits per heavy atom. The minimum atomic E-state index is -1.10. The van der Waals surface area contributed by atoms with E-state index in [1.54, 1.807) is 29.3 Å². The summed E-state index contributed by atoms with van der Waals surface area (Å²) in [4.78, 5) is 51.5. The molecule has 2 aromatic rings. The maximum atomic E-state index is 11.7. The number of carbonyl (C=O) groups excluding carboxylic acids is 2. The van der Waals surface area contributed by atoms with Crippen LogP contribution in [0.15, 0.2) is 34.6 Å². The number of thiazole rings is 1. The molecule has 0 saturated carbocycles. The topological polar surface area (TPSA) is 168 Å². The zero-order valence-electron chi connectivity index (χ0n) is 19.4. The molecule has 0 aliphatic carbocycles. The zero-order chi connectivity index (χ0) is 26.5. The van der Waals surface area contributed by atoms with E-state index in [0.29, 0.717) is 21.5 Å². The van der Waals surface area contributed by atoms with Gasteiger partial charge < -0.3 is 24.6 Å². The van der Waals surface area contributed by atoms with Crippen LogP contribution in [-0.4, -0.2) is 65.4 Å². The van der Waals surface area contributed by atoms with Gasteiger partial charge in [0.15, 0.2) is 0 Å². The Morgan fingerprint density at radius 2 is 1.56 bits per heavy atom. The number of hydrogen-bond acceptors (Lipinski definition) is 11. The van der Waals surface area contributed by atoms with E-state index in [4.69, 9.17) is 31.3 Å². The number of carbonyl (C=O) groups is 4. The smallest absolute Gasteiger partial charge is 0.306 e. The maximum Gasteiger partial charge on any atom is 0.306 e. The summed E-state index contributed by atoms with van der Waals surface area (Å²) in [6.45, 7) is 2.20. The molecule has 0 amide bonds. The predicted octanol–water partition coefficient (Wildman–Crippen LogP) is 4.14. The van der Waals surface area contributed by atoms with E-state index in [-0.39, 0.29) is 52.0 Å². The summed E-state index contributed by atoms with van der Waals surface area (Å²) in [6, 6.07) is 4.99. The number of halogens is 1. The normalized spacial score (nSPS) is 10.8. The highest BCUT2D eigenvalue weighted by Crippen LogP contribution is 2.31. The largest absolute Gasteiger partial charge is 0.481 e. The van der Waals surface area contributed by atoms with E-state index in [2.05, 4.69) is 15.2 Å². The van der Waals surface area contributed by atoms with Crippen LogP contribution in [0, 0.1) is 6.92 Å². The van der Waals surface area contributed by atoms with Crippen molar-refractivity contribution in [1.29, 1.82) is 0 Å². The van der Waals surface area contributed by atoms with E-state index < -0.39 is 23.9 Å². The van der Waals surface area contributed by atoms with Crippen LogP contribution in [0.2, 0.25) is 5.02 Å². The number of azo groups is 1. The van der Waals surface area contributed by atoms with Crippen molar-refractivity contribution >= 4 is 63.3 Å². The first-order chi connectivity index (χ1) is 17.1. The lowest BCUT2D eigenvalue weighted by Crippen LogP contribution is -2.32. The number of esters is 2. The van der Waals surface area contributed by atoms with Crippen molar-refractivity contribution in [2.75, 3.05) is 31.2 Å². The van der Waals surface area contributed by atoms with Crippen molar-refractivity contribution < 1.29 is 38.9 Å². The third-order valence-corrected chi connectivity index (χ3v) is 5.58. The molecule has 14 heteroatoms. The number of rotatable bonds is 15. The summed E-state index contributed by atoms with van der Waals surface area (Å²) >= 11 is 7.76. The molecule has 12 nitrogen and oxygen atoms in total. The second kappa shape index (κ2) is 14.7. The fourth-order valence-corrected chi connectivity index (χ4v) is 3.52. The minimum absolute atomic E-state index is 0.0477. The molecule has 1 aromatic heterocycles. The molecule has 0 atom stereocenters. The Morgan fingerprint density at radius 1 is 0.972 bits per heavy atom. The maximum absolute atomic E-state index is 11.7. The third kappa shape index (κ3) is 10.8. The number of carboxylic acids is 2. The molecule has 1 heterocycles. The van der Waals surface area contributed by atoms with E-state index in [0.717, 1.165) is 4.88 Å². The van der Waals surface area contributed by atoms with Crippen LogP contribution < -0.4 is 4.90 Å². The van der Waals surface area contributed by atoms with Gasteiger partial charge in [0.25, 0.3) is 0 Å². The quantitative estimate of drug-likeness (QED) is 0.247. The number of hydrogen-bond donors (Lipinski definition) is 2. The average Bonchev–Trinajstić information content (AvgIpc) is 3.24. The van der Waals surface area contributed by atoms with Gasteiger partial charge in [-0.1, -0.05) is 22.9 Å². The highest BCUT2D eigenvalue weighted by Gasteiger charge is 2.14. The van der Waals surface area contributed by atoms with Crippen LogP contribution in [-0.2, 0) is 28.7 Å². The summed E-state index contributed by atoms with van der Waals surface area (Å²) in [6.07, 6.45) is 0.522. The second-order valence-electron chi connectivity index (χ2n) is 7.30. The molecule has 194 valence electrons. The molecular formula is C22H25ClN4O8S. The van der Waals surface area contributed by atoms with Gasteiger partial charge in [-0.05, 0) is 25.1 Å². The molecule has 0 radical (unpaired) electrons. The van der Waals surface area contributed by atoms with Gasteiger partial charge in [0.05, 0.1) is 43.8 Å². The molecule has 0 spiro atoms. The van der Waals surface area contributed by atoms with Crippen LogP contribution in [0.1, 0.15) is 30.6 Å². The Labute approximate surface area is 215 Å². The molecule has 0 aliphatic rings. The molecule has 1 aromatic carbocycles. The van der Waals surface area contributed by atoms with Gasteiger partial charge in [-0.15, -0.1) is 10.2 Å². The minimum Gasteiger partial charge on any atom is -0.481 e. The van der Waals surface area contributed by atoms with Crippen molar-refractivity contribution in [2.24, 2.45) is 10.2 Å². The van der Waals surface area contributed by atoms with E-state index in [1.807, 2.05) is 6.92 Å². The lowest BCUT2D eigenvalue weighted by molar-refractivity contribution is -0.147. The summed E-state index contributed by atoms with van der Waals surface area (Å²) in [5.41, 5.74) is 1.03. The average molecular weight is 541 g/mol. The van der Waals surface area contributed by atoms with Crippen LogP contribution in [0.3, 0.4) is 0 Å².